The monoisotopic (exact) mass is 199 g/mol. The van der Waals surface area contributed by atoms with Crippen molar-refractivity contribution < 1.29 is 0 Å². The Morgan fingerprint density at radius 1 is 1.20 bits per heavy atom. The Morgan fingerprint density at radius 3 is 3.13 bits per heavy atom. The summed E-state index contributed by atoms with van der Waals surface area (Å²) in [6, 6.07) is 0. The maximum Gasteiger partial charge on any atom is 0.0543 e. The molecule has 2 heterocycles. The van der Waals surface area contributed by atoms with Gasteiger partial charge in [-0.15, -0.1) is 0 Å². The normalized spacial score (nSPS) is 22.9. The molecule has 0 saturated carbocycles. The first kappa shape index (κ1) is 8.53. The minimum atomic E-state index is 0.977. The Balaban J connectivity index is 2.03. The molecule has 2 N–H and O–H groups in total. The van der Waals surface area contributed by atoms with Gasteiger partial charge in [-0.1, -0.05) is 0 Å². The maximum atomic E-state index is 4.13. The molecule has 76 valence electrons. The Labute approximate surface area is 89.0 Å². The summed E-state index contributed by atoms with van der Waals surface area (Å²) in [5, 5.41) is 6.85. The molecule has 15 heavy (non-hydrogen) atoms. The van der Waals surface area contributed by atoms with Crippen molar-refractivity contribution in [3.05, 3.63) is 47.0 Å². The van der Waals surface area contributed by atoms with E-state index >= 15 is 0 Å². The molecule has 0 atom stereocenters. The summed E-state index contributed by atoms with van der Waals surface area (Å²) in [4.78, 5) is 4.13. The standard InChI is InChI=1S/C12H13N3/c1-3-13-4-2-10-8-12-11(7-9(1)10)14-5-6-15-12/h1-4,7,14-15H,5-6,8H2. The number of hydrogen-bond acceptors (Lipinski definition) is 3. The van der Waals surface area contributed by atoms with E-state index in [0.717, 1.165) is 19.5 Å². The van der Waals surface area contributed by atoms with Gasteiger partial charge < -0.3 is 10.6 Å². The van der Waals surface area contributed by atoms with Crippen LogP contribution in [0.4, 0.5) is 0 Å². The third kappa shape index (κ3) is 1.50. The summed E-state index contributed by atoms with van der Waals surface area (Å²) in [7, 11) is 0. The van der Waals surface area contributed by atoms with Crippen LogP contribution >= 0.6 is 0 Å². The third-order valence-corrected chi connectivity index (χ3v) is 2.84. The second kappa shape index (κ2) is 3.42. The van der Waals surface area contributed by atoms with Crippen molar-refractivity contribution in [3.8, 4) is 0 Å². The van der Waals surface area contributed by atoms with Crippen LogP contribution in [0.2, 0.25) is 0 Å². The third-order valence-electron chi connectivity index (χ3n) is 2.84. The quantitative estimate of drug-likeness (QED) is 0.616. The van der Waals surface area contributed by atoms with E-state index in [9.17, 15) is 0 Å². The van der Waals surface area contributed by atoms with Gasteiger partial charge in [0.15, 0.2) is 0 Å². The van der Waals surface area contributed by atoms with Gasteiger partial charge in [-0.3, -0.25) is 4.99 Å². The van der Waals surface area contributed by atoms with Crippen LogP contribution in [0.25, 0.3) is 0 Å². The van der Waals surface area contributed by atoms with Crippen LogP contribution in [0.3, 0.4) is 0 Å². The summed E-state index contributed by atoms with van der Waals surface area (Å²) in [5.74, 6) is 0. The van der Waals surface area contributed by atoms with Crippen molar-refractivity contribution >= 4 is 6.21 Å². The molecule has 1 aliphatic carbocycles. The van der Waals surface area contributed by atoms with Crippen molar-refractivity contribution in [1.82, 2.24) is 10.6 Å². The molecule has 0 aromatic heterocycles. The van der Waals surface area contributed by atoms with Crippen molar-refractivity contribution in [2.45, 2.75) is 6.42 Å². The molecule has 0 aromatic rings. The van der Waals surface area contributed by atoms with Crippen LogP contribution in [0.15, 0.2) is 52.0 Å². The molecule has 3 rings (SSSR count). The van der Waals surface area contributed by atoms with E-state index in [1.54, 1.807) is 0 Å². The molecular formula is C12H13N3. The fourth-order valence-corrected chi connectivity index (χ4v) is 2.07. The average Bonchev–Trinajstić information content (AvgIpc) is 2.50. The van der Waals surface area contributed by atoms with Gasteiger partial charge >= 0.3 is 0 Å². The highest BCUT2D eigenvalue weighted by Crippen LogP contribution is 2.28. The van der Waals surface area contributed by atoms with Crippen molar-refractivity contribution in [3.63, 3.8) is 0 Å². The fourth-order valence-electron chi connectivity index (χ4n) is 2.07. The first-order valence-electron chi connectivity index (χ1n) is 5.25. The molecule has 3 heteroatoms. The van der Waals surface area contributed by atoms with E-state index in [-0.39, 0.29) is 0 Å². The van der Waals surface area contributed by atoms with E-state index in [2.05, 4.69) is 33.9 Å². The van der Waals surface area contributed by atoms with Gasteiger partial charge in [-0.05, 0) is 29.4 Å². The van der Waals surface area contributed by atoms with Crippen LogP contribution in [0.1, 0.15) is 6.42 Å². The van der Waals surface area contributed by atoms with Crippen LogP contribution in [0, 0.1) is 0 Å². The van der Waals surface area contributed by atoms with Crippen molar-refractivity contribution in [2.24, 2.45) is 4.99 Å². The second-order valence-electron chi connectivity index (χ2n) is 3.83. The predicted molar refractivity (Wildman–Crippen MR) is 61.4 cm³/mol. The van der Waals surface area contributed by atoms with Gasteiger partial charge in [0.1, 0.15) is 0 Å². The topological polar surface area (TPSA) is 36.4 Å². The van der Waals surface area contributed by atoms with Gasteiger partial charge in [0, 0.05) is 37.6 Å². The van der Waals surface area contributed by atoms with Crippen LogP contribution in [0.5, 0.6) is 0 Å². The lowest BCUT2D eigenvalue weighted by molar-refractivity contribution is 0.642. The Bertz CT molecular complexity index is 436. The summed E-state index contributed by atoms with van der Waals surface area (Å²) < 4.78 is 0. The van der Waals surface area contributed by atoms with Crippen LogP contribution in [-0.4, -0.2) is 19.3 Å². The summed E-state index contributed by atoms with van der Waals surface area (Å²) in [6.07, 6.45) is 11.0. The van der Waals surface area contributed by atoms with Gasteiger partial charge in [0.05, 0.1) is 5.70 Å². The molecule has 0 unspecified atom stereocenters. The average molecular weight is 199 g/mol. The van der Waals surface area contributed by atoms with Gasteiger partial charge in [-0.25, -0.2) is 0 Å². The molecule has 0 aromatic carbocycles. The minimum Gasteiger partial charge on any atom is -0.385 e. The highest BCUT2D eigenvalue weighted by molar-refractivity contribution is 5.76. The fraction of sp³-hybridized carbons (Fsp3) is 0.250. The van der Waals surface area contributed by atoms with Crippen molar-refractivity contribution in [1.29, 1.82) is 0 Å². The molecule has 0 saturated heterocycles. The summed E-state index contributed by atoms with van der Waals surface area (Å²) in [5.41, 5.74) is 5.14. The maximum absolute atomic E-state index is 4.13. The number of rotatable bonds is 0. The lowest BCUT2D eigenvalue weighted by Crippen LogP contribution is -2.36. The van der Waals surface area contributed by atoms with Gasteiger partial charge in [0.25, 0.3) is 0 Å². The van der Waals surface area contributed by atoms with E-state index in [4.69, 9.17) is 0 Å². The summed E-state index contributed by atoms with van der Waals surface area (Å²) >= 11 is 0. The zero-order valence-corrected chi connectivity index (χ0v) is 8.46. The lowest BCUT2D eigenvalue weighted by Gasteiger charge is -2.27. The highest BCUT2D eigenvalue weighted by Gasteiger charge is 2.18. The lowest BCUT2D eigenvalue weighted by atomic mass is 9.93. The van der Waals surface area contributed by atoms with Crippen LogP contribution in [-0.2, 0) is 0 Å². The SMILES string of the molecule is C1=CC2=CC3=C(CC2=CC=N1)NCCN3. The molecule has 3 nitrogen and oxygen atoms in total. The first-order valence-corrected chi connectivity index (χ1v) is 5.25. The molecule has 0 fully saturated rings. The second-order valence-corrected chi connectivity index (χ2v) is 3.83. The Morgan fingerprint density at radius 2 is 2.13 bits per heavy atom. The van der Waals surface area contributed by atoms with Crippen LogP contribution < -0.4 is 10.6 Å². The van der Waals surface area contributed by atoms with E-state index < -0.39 is 0 Å². The van der Waals surface area contributed by atoms with Gasteiger partial charge in [0.2, 0.25) is 0 Å². The number of hydrogen-bond donors (Lipinski definition) is 2. The Kier molecular flexibility index (Phi) is 1.95. The summed E-state index contributed by atoms with van der Waals surface area (Å²) in [6.45, 7) is 2.01. The van der Waals surface area contributed by atoms with E-state index in [0.29, 0.717) is 0 Å². The molecule has 3 aliphatic rings. The number of fused-ring (bicyclic) bond motifs is 1. The number of nitrogens with zero attached hydrogens (tertiary/aromatic N) is 1. The number of aliphatic imine (C=N–C) groups is 1. The zero-order valence-electron chi connectivity index (χ0n) is 8.46. The Hall–Kier alpha value is -1.77. The van der Waals surface area contributed by atoms with Crippen molar-refractivity contribution in [2.75, 3.05) is 13.1 Å². The molecule has 0 amide bonds. The molecule has 0 spiro atoms. The zero-order chi connectivity index (χ0) is 10.1. The van der Waals surface area contributed by atoms with E-state index in [1.807, 2.05) is 12.4 Å². The molecule has 2 aliphatic heterocycles. The minimum absolute atomic E-state index is 0.977. The predicted octanol–water partition coefficient (Wildman–Crippen LogP) is 1.25. The number of nitrogens with one attached hydrogen (secondary N) is 2. The molecule has 0 bridgehead atoms. The first-order chi connectivity index (χ1) is 7.43. The van der Waals surface area contributed by atoms with Gasteiger partial charge in [-0.2, -0.15) is 0 Å². The smallest absolute Gasteiger partial charge is 0.0543 e. The molecule has 0 radical (unpaired) electrons. The molecular weight excluding hydrogens is 186 g/mol. The number of allylic oxidation sites excluding steroid dienone is 5. The van der Waals surface area contributed by atoms with E-state index in [1.165, 1.54) is 22.5 Å². The highest BCUT2D eigenvalue weighted by atomic mass is 15.0. The largest absolute Gasteiger partial charge is 0.385 e.